The van der Waals surface area contributed by atoms with Gasteiger partial charge in [0.1, 0.15) is 6.33 Å². The number of rotatable bonds is 1. The van der Waals surface area contributed by atoms with Gasteiger partial charge in [0.15, 0.2) is 16.6 Å². The summed E-state index contributed by atoms with van der Waals surface area (Å²) in [5.41, 5.74) is 3.11. The molecule has 0 saturated heterocycles. The van der Waals surface area contributed by atoms with Crippen LogP contribution in [0.4, 0.5) is 0 Å². The predicted molar refractivity (Wildman–Crippen MR) is 66.3 cm³/mol. The number of aryl methyl sites for hydroxylation is 2. The zero-order chi connectivity index (χ0) is 12.7. The maximum absolute atomic E-state index is 6.07. The second-order valence-electron chi connectivity index (χ2n) is 3.88. The summed E-state index contributed by atoms with van der Waals surface area (Å²) in [4.78, 5) is 12.2. The molecule has 3 heterocycles. The quantitative estimate of drug-likeness (QED) is 0.668. The minimum atomic E-state index is 0.341. The molecular formula is C11H9ClN6. The standard InChI is InChI=1S/C11H9ClN6/c1-6-7(2)18-10(8-3-13-5-14-4-8)16-17-11(18)9(12)15-6/h3-5H,1-2H3. The van der Waals surface area contributed by atoms with Crippen LogP contribution in [0.25, 0.3) is 17.0 Å². The molecule has 0 spiro atoms. The summed E-state index contributed by atoms with van der Waals surface area (Å²) in [5, 5.41) is 8.54. The zero-order valence-electron chi connectivity index (χ0n) is 9.79. The fourth-order valence-corrected chi connectivity index (χ4v) is 2.03. The number of hydrogen-bond acceptors (Lipinski definition) is 5. The summed E-state index contributed by atoms with van der Waals surface area (Å²) >= 11 is 6.07. The number of aromatic nitrogens is 6. The molecule has 0 fully saturated rings. The molecule has 0 bridgehead atoms. The minimum Gasteiger partial charge on any atom is -0.275 e. The molecule has 0 amide bonds. The Hall–Kier alpha value is -2.08. The van der Waals surface area contributed by atoms with Gasteiger partial charge in [-0.05, 0) is 13.8 Å². The highest BCUT2D eigenvalue weighted by Crippen LogP contribution is 2.23. The van der Waals surface area contributed by atoms with Crippen LogP contribution in [0.1, 0.15) is 11.4 Å². The lowest BCUT2D eigenvalue weighted by Crippen LogP contribution is -2.01. The summed E-state index contributed by atoms with van der Waals surface area (Å²) in [6.07, 6.45) is 4.85. The normalized spacial score (nSPS) is 11.1. The third-order valence-corrected chi connectivity index (χ3v) is 3.04. The Morgan fingerprint density at radius 3 is 2.56 bits per heavy atom. The van der Waals surface area contributed by atoms with Crippen LogP contribution < -0.4 is 0 Å². The van der Waals surface area contributed by atoms with Crippen molar-refractivity contribution in [2.45, 2.75) is 13.8 Å². The average molecular weight is 261 g/mol. The molecule has 0 saturated carbocycles. The smallest absolute Gasteiger partial charge is 0.199 e. The van der Waals surface area contributed by atoms with Crippen LogP contribution in [-0.2, 0) is 0 Å². The Balaban J connectivity index is 2.39. The maximum Gasteiger partial charge on any atom is 0.199 e. The largest absolute Gasteiger partial charge is 0.275 e. The van der Waals surface area contributed by atoms with Gasteiger partial charge in [0.2, 0.25) is 0 Å². The summed E-state index contributed by atoms with van der Waals surface area (Å²) in [7, 11) is 0. The van der Waals surface area contributed by atoms with Gasteiger partial charge in [-0.15, -0.1) is 10.2 Å². The molecule has 0 aliphatic carbocycles. The molecule has 3 aromatic heterocycles. The predicted octanol–water partition coefficient (Wildman–Crippen LogP) is 1.85. The van der Waals surface area contributed by atoms with Crippen molar-refractivity contribution in [2.24, 2.45) is 0 Å². The first-order valence-electron chi connectivity index (χ1n) is 5.31. The fourth-order valence-electron chi connectivity index (χ4n) is 1.78. The second kappa shape index (κ2) is 3.99. The molecule has 0 radical (unpaired) electrons. The lowest BCUT2D eigenvalue weighted by molar-refractivity contribution is 0.996. The van der Waals surface area contributed by atoms with Crippen LogP contribution in [0, 0.1) is 13.8 Å². The van der Waals surface area contributed by atoms with Crippen LogP contribution in [-0.4, -0.2) is 29.5 Å². The molecule has 0 N–H and O–H groups in total. The first kappa shape index (κ1) is 11.0. The molecular weight excluding hydrogens is 252 g/mol. The van der Waals surface area contributed by atoms with Gasteiger partial charge in [0, 0.05) is 18.1 Å². The Bertz CT molecular complexity index is 721. The Morgan fingerprint density at radius 1 is 1.11 bits per heavy atom. The Morgan fingerprint density at radius 2 is 1.83 bits per heavy atom. The van der Waals surface area contributed by atoms with Crippen molar-refractivity contribution in [3.05, 3.63) is 35.3 Å². The number of hydrogen-bond donors (Lipinski definition) is 0. The Labute approximate surface area is 108 Å². The molecule has 0 unspecified atom stereocenters. The van der Waals surface area contributed by atoms with Crippen molar-refractivity contribution >= 4 is 17.2 Å². The third-order valence-electron chi connectivity index (χ3n) is 2.79. The van der Waals surface area contributed by atoms with Gasteiger partial charge in [-0.2, -0.15) is 0 Å². The van der Waals surface area contributed by atoms with E-state index >= 15 is 0 Å². The minimum absolute atomic E-state index is 0.341. The van der Waals surface area contributed by atoms with Gasteiger partial charge in [-0.25, -0.2) is 15.0 Å². The number of nitrogens with zero attached hydrogens (tertiary/aromatic N) is 6. The summed E-state index contributed by atoms with van der Waals surface area (Å²) in [6, 6.07) is 0. The molecule has 6 nitrogen and oxygen atoms in total. The van der Waals surface area contributed by atoms with Gasteiger partial charge < -0.3 is 0 Å². The van der Waals surface area contributed by atoms with E-state index in [1.54, 1.807) is 12.4 Å². The molecule has 7 heteroatoms. The monoisotopic (exact) mass is 260 g/mol. The average Bonchev–Trinajstić information content (AvgIpc) is 2.82. The highest BCUT2D eigenvalue weighted by Gasteiger charge is 2.15. The van der Waals surface area contributed by atoms with Crippen molar-refractivity contribution in [1.82, 2.24) is 29.5 Å². The van der Waals surface area contributed by atoms with Crippen molar-refractivity contribution < 1.29 is 0 Å². The van der Waals surface area contributed by atoms with Crippen molar-refractivity contribution in [2.75, 3.05) is 0 Å². The molecule has 3 rings (SSSR count). The molecule has 0 aliphatic heterocycles. The molecule has 0 atom stereocenters. The first-order valence-corrected chi connectivity index (χ1v) is 5.69. The summed E-state index contributed by atoms with van der Waals surface area (Å²) in [5.74, 6) is 0.663. The van der Waals surface area contributed by atoms with Crippen LogP contribution in [0.3, 0.4) is 0 Å². The zero-order valence-corrected chi connectivity index (χ0v) is 10.5. The van der Waals surface area contributed by atoms with E-state index in [2.05, 4.69) is 25.1 Å². The van der Waals surface area contributed by atoms with E-state index in [0.717, 1.165) is 17.0 Å². The Kier molecular flexibility index (Phi) is 2.45. The summed E-state index contributed by atoms with van der Waals surface area (Å²) < 4.78 is 1.86. The number of halogens is 1. The van der Waals surface area contributed by atoms with E-state index < -0.39 is 0 Å². The van der Waals surface area contributed by atoms with Crippen molar-refractivity contribution in [3.63, 3.8) is 0 Å². The van der Waals surface area contributed by atoms with Crippen molar-refractivity contribution in [1.29, 1.82) is 0 Å². The van der Waals surface area contributed by atoms with Crippen LogP contribution in [0.2, 0.25) is 5.15 Å². The van der Waals surface area contributed by atoms with Gasteiger partial charge in [-0.1, -0.05) is 11.6 Å². The van der Waals surface area contributed by atoms with E-state index in [1.165, 1.54) is 6.33 Å². The highest BCUT2D eigenvalue weighted by atomic mass is 35.5. The lowest BCUT2D eigenvalue weighted by atomic mass is 10.3. The fraction of sp³-hybridized carbons (Fsp3) is 0.182. The van der Waals surface area contributed by atoms with E-state index in [4.69, 9.17) is 11.6 Å². The van der Waals surface area contributed by atoms with Gasteiger partial charge >= 0.3 is 0 Å². The SMILES string of the molecule is Cc1nc(Cl)c2nnc(-c3cncnc3)n2c1C. The van der Waals surface area contributed by atoms with Gasteiger partial charge in [-0.3, -0.25) is 4.40 Å². The van der Waals surface area contributed by atoms with Gasteiger partial charge in [0.25, 0.3) is 0 Å². The van der Waals surface area contributed by atoms with Crippen LogP contribution >= 0.6 is 11.6 Å². The topological polar surface area (TPSA) is 68.9 Å². The molecule has 3 aromatic rings. The van der Waals surface area contributed by atoms with E-state index in [9.17, 15) is 0 Å². The van der Waals surface area contributed by atoms with Crippen molar-refractivity contribution in [3.8, 4) is 11.4 Å². The van der Waals surface area contributed by atoms with E-state index in [-0.39, 0.29) is 0 Å². The lowest BCUT2D eigenvalue weighted by Gasteiger charge is -2.06. The van der Waals surface area contributed by atoms with Crippen LogP contribution in [0.15, 0.2) is 18.7 Å². The summed E-state index contributed by atoms with van der Waals surface area (Å²) in [6.45, 7) is 3.84. The second-order valence-corrected chi connectivity index (χ2v) is 4.24. The van der Waals surface area contributed by atoms with E-state index in [0.29, 0.717) is 16.6 Å². The van der Waals surface area contributed by atoms with E-state index in [1.807, 2.05) is 18.2 Å². The maximum atomic E-state index is 6.07. The molecule has 0 aliphatic rings. The molecule has 0 aromatic carbocycles. The highest BCUT2D eigenvalue weighted by molar-refractivity contribution is 6.32. The number of fused-ring (bicyclic) bond motifs is 1. The first-order chi connectivity index (χ1) is 8.68. The molecule has 18 heavy (non-hydrogen) atoms. The molecule has 90 valence electrons. The third kappa shape index (κ3) is 1.53. The van der Waals surface area contributed by atoms with Crippen LogP contribution in [0.5, 0.6) is 0 Å². The van der Waals surface area contributed by atoms with Gasteiger partial charge in [0.05, 0.1) is 11.3 Å².